The molecule has 0 heterocycles. The molecule has 2 aromatic carbocycles. The van der Waals surface area contributed by atoms with Crippen LogP contribution in [0.1, 0.15) is 0 Å². The zero-order valence-corrected chi connectivity index (χ0v) is 13.3. The Morgan fingerprint density at radius 1 is 1.16 bits per heavy atom. The lowest BCUT2D eigenvalue weighted by atomic mass is 10.2. The van der Waals surface area contributed by atoms with E-state index in [9.17, 15) is 0 Å². The molecule has 0 saturated carbocycles. The molecule has 0 aliphatic rings. The number of rotatable bonds is 3. The standard InChI is InChI=1S/C13H12BrClN2O.ClH/c1-18-13-5-3-9(15)7-12(13)17-11-6-8(14)2-4-10(11)16;/h2-7,17H,16H2,1H3;1H. The van der Waals surface area contributed by atoms with E-state index in [2.05, 4.69) is 21.2 Å². The third-order valence-electron chi connectivity index (χ3n) is 2.45. The van der Waals surface area contributed by atoms with Crippen LogP contribution in [0.2, 0.25) is 5.02 Å². The van der Waals surface area contributed by atoms with Crippen LogP contribution in [0.15, 0.2) is 40.9 Å². The summed E-state index contributed by atoms with van der Waals surface area (Å²) in [4.78, 5) is 0. The van der Waals surface area contributed by atoms with Crippen molar-refractivity contribution in [2.45, 2.75) is 0 Å². The molecule has 0 amide bonds. The molecule has 3 N–H and O–H groups in total. The van der Waals surface area contributed by atoms with Crippen molar-refractivity contribution in [3.8, 4) is 5.75 Å². The van der Waals surface area contributed by atoms with Crippen LogP contribution in [0.3, 0.4) is 0 Å². The van der Waals surface area contributed by atoms with Gasteiger partial charge in [0.15, 0.2) is 0 Å². The third-order valence-corrected chi connectivity index (χ3v) is 3.17. The summed E-state index contributed by atoms with van der Waals surface area (Å²) in [6.07, 6.45) is 0. The van der Waals surface area contributed by atoms with E-state index in [1.165, 1.54) is 0 Å². The zero-order chi connectivity index (χ0) is 13.1. The fourth-order valence-corrected chi connectivity index (χ4v) is 2.09. The van der Waals surface area contributed by atoms with Gasteiger partial charge in [0, 0.05) is 9.50 Å². The molecule has 0 radical (unpaired) electrons. The van der Waals surface area contributed by atoms with Gasteiger partial charge in [-0.1, -0.05) is 27.5 Å². The highest BCUT2D eigenvalue weighted by atomic mass is 79.9. The average molecular weight is 364 g/mol. The summed E-state index contributed by atoms with van der Waals surface area (Å²) >= 11 is 9.38. The lowest BCUT2D eigenvalue weighted by Gasteiger charge is -2.13. The molecule has 0 saturated heterocycles. The van der Waals surface area contributed by atoms with Crippen molar-refractivity contribution in [1.82, 2.24) is 0 Å². The molecule has 0 atom stereocenters. The number of hydrogen-bond acceptors (Lipinski definition) is 3. The molecular weight excluding hydrogens is 351 g/mol. The largest absolute Gasteiger partial charge is 0.495 e. The lowest BCUT2D eigenvalue weighted by Crippen LogP contribution is -1.98. The Hall–Kier alpha value is -1.10. The molecule has 0 aromatic heterocycles. The predicted octanol–water partition coefficient (Wildman–Crippen LogP) is 4.86. The molecule has 0 aliphatic carbocycles. The number of methoxy groups -OCH3 is 1. The summed E-state index contributed by atoms with van der Waals surface area (Å²) in [6, 6.07) is 11.0. The van der Waals surface area contributed by atoms with Gasteiger partial charge in [0.1, 0.15) is 5.75 Å². The third kappa shape index (κ3) is 3.93. The fraction of sp³-hybridized carbons (Fsp3) is 0.0769. The normalized spacial score (nSPS) is 9.63. The van der Waals surface area contributed by atoms with Gasteiger partial charge in [-0.3, -0.25) is 0 Å². The van der Waals surface area contributed by atoms with E-state index in [4.69, 9.17) is 22.1 Å². The first kappa shape index (κ1) is 16.0. The highest BCUT2D eigenvalue weighted by molar-refractivity contribution is 9.10. The van der Waals surface area contributed by atoms with Crippen molar-refractivity contribution < 1.29 is 4.74 Å². The van der Waals surface area contributed by atoms with Gasteiger partial charge < -0.3 is 15.8 Å². The van der Waals surface area contributed by atoms with E-state index in [-0.39, 0.29) is 12.4 Å². The first-order valence-corrected chi connectivity index (χ1v) is 6.43. The quantitative estimate of drug-likeness (QED) is 0.765. The van der Waals surface area contributed by atoms with Gasteiger partial charge in [-0.2, -0.15) is 0 Å². The molecule has 102 valence electrons. The van der Waals surface area contributed by atoms with Crippen LogP contribution in [0, 0.1) is 0 Å². The first-order valence-electron chi connectivity index (χ1n) is 5.26. The number of hydrogen-bond donors (Lipinski definition) is 2. The van der Waals surface area contributed by atoms with Gasteiger partial charge in [-0.25, -0.2) is 0 Å². The smallest absolute Gasteiger partial charge is 0.142 e. The monoisotopic (exact) mass is 362 g/mol. The maximum Gasteiger partial charge on any atom is 0.142 e. The maximum absolute atomic E-state index is 5.98. The van der Waals surface area contributed by atoms with E-state index in [1.807, 2.05) is 18.2 Å². The molecule has 0 spiro atoms. The van der Waals surface area contributed by atoms with E-state index < -0.39 is 0 Å². The van der Waals surface area contributed by atoms with E-state index in [0.29, 0.717) is 16.5 Å². The van der Waals surface area contributed by atoms with E-state index in [1.54, 1.807) is 25.3 Å². The molecule has 0 bridgehead atoms. The second-order valence-corrected chi connectivity index (χ2v) is 5.05. The van der Waals surface area contributed by atoms with Crippen molar-refractivity contribution in [3.05, 3.63) is 45.9 Å². The summed E-state index contributed by atoms with van der Waals surface area (Å²) in [5, 5.41) is 3.84. The second-order valence-electron chi connectivity index (χ2n) is 3.70. The van der Waals surface area contributed by atoms with Crippen molar-refractivity contribution >= 4 is 57.0 Å². The number of benzene rings is 2. The predicted molar refractivity (Wildman–Crippen MR) is 87.1 cm³/mol. The van der Waals surface area contributed by atoms with Crippen molar-refractivity contribution in [2.75, 3.05) is 18.2 Å². The molecule has 0 fully saturated rings. The number of halogens is 3. The van der Waals surface area contributed by atoms with Gasteiger partial charge in [-0.05, 0) is 36.4 Å². The minimum Gasteiger partial charge on any atom is -0.495 e. The second kappa shape index (κ2) is 6.89. The maximum atomic E-state index is 5.98. The Balaban J connectivity index is 0.00000180. The van der Waals surface area contributed by atoms with E-state index >= 15 is 0 Å². The summed E-state index contributed by atoms with van der Waals surface area (Å²) in [5.41, 5.74) is 8.13. The van der Waals surface area contributed by atoms with Crippen LogP contribution >= 0.6 is 39.9 Å². The van der Waals surface area contributed by atoms with Crippen LogP contribution in [0.25, 0.3) is 0 Å². The van der Waals surface area contributed by atoms with Gasteiger partial charge in [-0.15, -0.1) is 12.4 Å². The molecular formula is C13H13BrCl2N2O. The van der Waals surface area contributed by atoms with Crippen LogP contribution in [0.5, 0.6) is 5.75 Å². The molecule has 19 heavy (non-hydrogen) atoms. The van der Waals surface area contributed by atoms with Crippen LogP contribution < -0.4 is 15.8 Å². The Kier molecular flexibility index (Phi) is 5.79. The summed E-state index contributed by atoms with van der Waals surface area (Å²) in [5.74, 6) is 0.707. The van der Waals surface area contributed by atoms with Gasteiger partial charge >= 0.3 is 0 Å². The van der Waals surface area contributed by atoms with E-state index in [0.717, 1.165) is 15.8 Å². The minimum absolute atomic E-state index is 0. The summed E-state index contributed by atoms with van der Waals surface area (Å²) in [6.45, 7) is 0. The molecule has 6 heteroatoms. The Morgan fingerprint density at radius 3 is 2.58 bits per heavy atom. The number of nitrogens with two attached hydrogens (primary N) is 1. The average Bonchev–Trinajstić information content (AvgIpc) is 2.34. The lowest BCUT2D eigenvalue weighted by molar-refractivity contribution is 0.417. The molecule has 3 nitrogen and oxygen atoms in total. The molecule has 0 aliphatic heterocycles. The number of ether oxygens (including phenoxy) is 1. The van der Waals surface area contributed by atoms with Crippen molar-refractivity contribution in [1.29, 1.82) is 0 Å². The Bertz CT molecular complexity index is 579. The van der Waals surface area contributed by atoms with Crippen LogP contribution in [-0.4, -0.2) is 7.11 Å². The van der Waals surface area contributed by atoms with Gasteiger partial charge in [0.25, 0.3) is 0 Å². The minimum atomic E-state index is 0. The van der Waals surface area contributed by atoms with Gasteiger partial charge in [0.2, 0.25) is 0 Å². The zero-order valence-electron chi connectivity index (χ0n) is 10.1. The molecule has 2 aromatic rings. The number of anilines is 3. The summed E-state index contributed by atoms with van der Waals surface area (Å²) in [7, 11) is 1.61. The van der Waals surface area contributed by atoms with Crippen molar-refractivity contribution in [2.24, 2.45) is 0 Å². The van der Waals surface area contributed by atoms with Crippen LogP contribution in [0.4, 0.5) is 17.1 Å². The number of nitrogens with one attached hydrogen (secondary N) is 1. The fourth-order valence-electron chi connectivity index (χ4n) is 1.56. The van der Waals surface area contributed by atoms with Crippen molar-refractivity contribution in [3.63, 3.8) is 0 Å². The summed E-state index contributed by atoms with van der Waals surface area (Å²) < 4.78 is 6.21. The first-order chi connectivity index (χ1) is 8.60. The Labute approximate surface area is 131 Å². The SMILES string of the molecule is COc1ccc(Cl)cc1Nc1cc(Br)ccc1N.Cl. The topological polar surface area (TPSA) is 47.3 Å². The van der Waals surface area contributed by atoms with Crippen LogP contribution in [-0.2, 0) is 0 Å². The highest BCUT2D eigenvalue weighted by Gasteiger charge is 2.06. The molecule has 0 unspecified atom stereocenters. The Morgan fingerprint density at radius 2 is 1.89 bits per heavy atom. The molecule has 2 rings (SSSR count). The highest BCUT2D eigenvalue weighted by Crippen LogP contribution is 2.33. The number of nitrogen functional groups attached to an aromatic ring is 1. The van der Waals surface area contributed by atoms with Gasteiger partial charge in [0.05, 0.1) is 24.2 Å².